The molecule has 1 N–H and O–H groups in total. The molecule has 0 amide bonds. The van der Waals surface area contributed by atoms with E-state index in [2.05, 4.69) is 22.9 Å². The number of aliphatic hydroxyl groups excluding tert-OH is 1. The Hall–Kier alpha value is -1.01. The Kier molecular flexibility index (Phi) is 8.48. The largest absolute Gasteiger partial charge is 0.384 e. The van der Waals surface area contributed by atoms with Crippen LogP contribution in [0, 0.1) is 17.8 Å². The van der Waals surface area contributed by atoms with E-state index >= 15 is 0 Å². The normalized spacial score (nSPS) is 33.5. The van der Waals surface area contributed by atoms with Crippen LogP contribution in [0.4, 0.5) is 0 Å². The van der Waals surface area contributed by atoms with Crippen molar-refractivity contribution in [2.75, 3.05) is 40.0 Å². The number of ether oxygens (including phenoxy) is 2. The van der Waals surface area contributed by atoms with E-state index in [1.807, 2.05) is 26.1 Å². The van der Waals surface area contributed by atoms with E-state index in [9.17, 15) is 5.11 Å². The van der Waals surface area contributed by atoms with E-state index in [-0.39, 0.29) is 6.61 Å². The number of rotatable bonds is 5. The van der Waals surface area contributed by atoms with Gasteiger partial charge in [0.15, 0.2) is 0 Å². The van der Waals surface area contributed by atoms with Crippen molar-refractivity contribution in [2.24, 2.45) is 17.8 Å². The van der Waals surface area contributed by atoms with Gasteiger partial charge in [0.2, 0.25) is 0 Å². The van der Waals surface area contributed by atoms with Gasteiger partial charge in [-0.3, -0.25) is 9.88 Å². The molecule has 2 heterocycles. The lowest BCUT2D eigenvalue weighted by Gasteiger charge is -2.44. The summed E-state index contributed by atoms with van der Waals surface area (Å²) in [5.74, 6) is 2.85. The Morgan fingerprint density at radius 1 is 1.21 bits per heavy atom. The fourth-order valence-electron chi connectivity index (χ4n) is 6.04. The minimum atomic E-state index is -0.641. The Morgan fingerprint density at radius 2 is 1.97 bits per heavy atom. The van der Waals surface area contributed by atoms with Crippen LogP contribution in [0.15, 0.2) is 18.3 Å². The predicted octanol–water partition coefficient (Wildman–Crippen LogP) is 4.03. The van der Waals surface area contributed by atoms with Crippen LogP contribution < -0.4 is 0 Å². The second kappa shape index (κ2) is 10.9. The average molecular weight is 405 g/mol. The van der Waals surface area contributed by atoms with Crippen LogP contribution in [-0.2, 0) is 9.47 Å². The predicted molar refractivity (Wildman–Crippen MR) is 116 cm³/mol. The molecular formula is C24H40N2O3. The number of hydrogen-bond donors (Lipinski definition) is 1. The zero-order valence-corrected chi connectivity index (χ0v) is 18.7. The smallest absolute Gasteiger partial charge is 0.119 e. The average Bonchev–Trinajstić information content (AvgIpc) is 3.12. The first-order valence-corrected chi connectivity index (χ1v) is 11.6. The fraction of sp³-hybridized carbons (Fsp3) is 0.792. The summed E-state index contributed by atoms with van der Waals surface area (Å²) in [4.78, 5) is 7.27. The fourth-order valence-corrected chi connectivity index (χ4v) is 6.04. The highest BCUT2D eigenvalue weighted by Crippen LogP contribution is 2.54. The number of pyridine rings is 1. The maximum atomic E-state index is 10.1. The van der Waals surface area contributed by atoms with Crippen molar-refractivity contribution in [2.45, 2.75) is 64.5 Å². The molecule has 2 aliphatic carbocycles. The summed E-state index contributed by atoms with van der Waals surface area (Å²) in [5.41, 5.74) is 2.06. The third-order valence-corrected chi connectivity index (χ3v) is 7.17. The maximum absolute atomic E-state index is 10.1. The molecule has 5 nitrogen and oxygen atoms in total. The number of methoxy groups -OCH3 is 1. The van der Waals surface area contributed by atoms with Gasteiger partial charge in [-0.15, -0.1) is 0 Å². The Balaban J connectivity index is 0.00000117. The number of nitrogens with zero attached hydrogens (tertiary/aromatic N) is 2. The van der Waals surface area contributed by atoms with E-state index in [0.717, 1.165) is 44.2 Å². The van der Waals surface area contributed by atoms with Crippen LogP contribution in [0.1, 0.15) is 69.7 Å². The summed E-state index contributed by atoms with van der Waals surface area (Å²) in [6, 6.07) is 4.92. The van der Waals surface area contributed by atoms with Gasteiger partial charge < -0.3 is 14.6 Å². The van der Waals surface area contributed by atoms with E-state index in [1.165, 1.54) is 31.2 Å². The number of aromatic nitrogens is 1. The van der Waals surface area contributed by atoms with Gasteiger partial charge in [-0.2, -0.15) is 0 Å². The van der Waals surface area contributed by atoms with Crippen molar-refractivity contribution in [3.05, 3.63) is 29.6 Å². The molecule has 3 aliphatic rings. The molecule has 0 radical (unpaired) electrons. The summed E-state index contributed by atoms with van der Waals surface area (Å²) >= 11 is 0. The zero-order chi connectivity index (χ0) is 20.8. The van der Waals surface area contributed by atoms with Gasteiger partial charge in [0.05, 0.1) is 25.5 Å². The van der Waals surface area contributed by atoms with Crippen molar-refractivity contribution in [3.8, 4) is 0 Å². The van der Waals surface area contributed by atoms with E-state index in [1.54, 1.807) is 7.11 Å². The van der Waals surface area contributed by atoms with Crippen LogP contribution >= 0.6 is 0 Å². The second-order valence-corrected chi connectivity index (χ2v) is 8.70. The molecule has 29 heavy (non-hydrogen) atoms. The first kappa shape index (κ1) is 22.7. The Morgan fingerprint density at radius 3 is 2.62 bits per heavy atom. The zero-order valence-electron chi connectivity index (χ0n) is 18.7. The molecular weight excluding hydrogens is 364 g/mol. The molecule has 0 aromatic carbocycles. The lowest BCUT2D eigenvalue weighted by Crippen LogP contribution is -2.49. The molecule has 3 fully saturated rings. The van der Waals surface area contributed by atoms with Gasteiger partial charge in [0.1, 0.15) is 6.10 Å². The first-order chi connectivity index (χ1) is 14.2. The van der Waals surface area contributed by atoms with Gasteiger partial charge in [0, 0.05) is 32.4 Å². The van der Waals surface area contributed by atoms with Crippen LogP contribution in [-0.4, -0.2) is 61.1 Å². The summed E-state index contributed by atoms with van der Waals surface area (Å²) < 4.78 is 10.6. The summed E-state index contributed by atoms with van der Waals surface area (Å²) in [7, 11) is 1.60. The summed E-state index contributed by atoms with van der Waals surface area (Å²) in [5, 5.41) is 10.1. The highest BCUT2D eigenvalue weighted by atomic mass is 16.5. The maximum Gasteiger partial charge on any atom is 0.119 e. The number of fused-ring (bicyclic) bond motifs is 1. The van der Waals surface area contributed by atoms with E-state index in [4.69, 9.17) is 9.47 Å². The monoisotopic (exact) mass is 404 g/mol. The first-order valence-electron chi connectivity index (χ1n) is 11.6. The molecule has 0 spiro atoms. The molecule has 164 valence electrons. The molecule has 6 atom stereocenters. The molecule has 5 heteroatoms. The topological polar surface area (TPSA) is 54.8 Å². The highest BCUT2D eigenvalue weighted by Gasteiger charge is 2.48. The van der Waals surface area contributed by atoms with Crippen molar-refractivity contribution in [1.29, 1.82) is 0 Å². The van der Waals surface area contributed by atoms with Crippen LogP contribution in [0.5, 0.6) is 0 Å². The number of morpholine rings is 1. The molecule has 1 aromatic rings. The van der Waals surface area contributed by atoms with Crippen molar-refractivity contribution in [1.82, 2.24) is 9.88 Å². The van der Waals surface area contributed by atoms with Crippen molar-refractivity contribution < 1.29 is 14.6 Å². The van der Waals surface area contributed by atoms with Crippen LogP contribution in [0.25, 0.3) is 0 Å². The van der Waals surface area contributed by atoms with Crippen LogP contribution in [0.2, 0.25) is 0 Å². The van der Waals surface area contributed by atoms with E-state index in [0.29, 0.717) is 17.5 Å². The standard InChI is InChI=1S/C22H34N2O3.C2H6/c1-15-12-18-17(4-3-5-20(18)24-8-10-27-11-9-24)22(15)16-6-7-19(23-13-16)21(25)14-26-2;1-2/h6-7,13,15,17-18,20-22,25H,3-5,8-12,14H2,1-2H3;1-2H3. The second-order valence-electron chi connectivity index (χ2n) is 8.70. The van der Waals surface area contributed by atoms with Crippen LogP contribution in [0.3, 0.4) is 0 Å². The molecule has 1 aromatic heterocycles. The van der Waals surface area contributed by atoms with Gasteiger partial charge >= 0.3 is 0 Å². The quantitative estimate of drug-likeness (QED) is 0.803. The lowest BCUT2D eigenvalue weighted by atomic mass is 9.72. The van der Waals surface area contributed by atoms with Gasteiger partial charge in [-0.1, -0.05) is 33.3 Å². The molecule has 0 bridgehead atoms. The molecule has 6 unspecified atom stereocenters. The van der Waals surface area contributed by atoms with Gasteiger partial charge in [-0.25, -0.2) is 0 Å². The number of hydrogen-bond acceptors (Lipinski definition) is 5. The molecule has 2 saturated carbocycles. The third-order valence-electron chi connectivity index (χ3n) is 7.17. The Labute approximate surface area is 176 Å². The van der Waals surface area contributed by atoms with E-state index < -0.39 is 6.10 Å². The minimum absolute atomic E-state index is 0.290. The van der Waals surface area contributed by atoms with Gasteiger partial charge in [0.25, 0.3) is 0 Å². The summed E-state index contributed by atoms with van der Waals surface area (Å²) in [6.45, 7) is 10.7. The molecule has 4 rings (SSSR count). The lowest BCUT2D eigenvalue weighted by molar-refractivity contribution is -0.0150. The van der Waals surface area contributed by atoms with Crippen molar-refractivity contribution in [3.63, 3.8) is 0 Å². The van der Waals surface area contributed by atoms with Crippen molar-refractivity contribution >= 4 is 0 Å². The third kappa shape index (κ3) is 5.01. The molecule has 1 aliphatic heterocycles. The number of aliphatic hydroxyl groups is 1. The van der Waals surface area contributed by atoms with Gasteiger partial charge in [-0.05, 0) is 54.6 Å². The minimum Gasteiger partial charge on any atom is -0.384 e. The molecule has 1 saturated heterocycles. The SMILES string of the molecule is CC.COCC(O)c1ccc(C2C(C)CC3C2CCCC3N2CCOCC2)cn1. The Bertz CT molecular complexity index is 603. The summed E-state index contributed by atoms with van der Waals surface area (Å²) in [6.07, 6.45) is 6.72. The highest BCUT2D eigenvalue weighted by molar-refractivity contribution is 5.24.